The van der Waals surface area contributed by atoms with Crippen molar-refractivity contribution in [1.82, 2.24) is 0 Å². The van der Waals surface area contributed by atoms with Crippen LogP contribution in [0, 0.1) is 3.57 Å². The van der Waals surface area contributed by atoms with Gasteiger partial charge in [-0.2, -0.15) is 0 Å². The molecule has 0 bridgehead atoms. The van der Waals surface area contributed by atoms with Crippen LogP contribution in [0.5, 0.6) is 5.75 Å². The van der Waals surface area contributed by atoms with Crippen LogP contribution in [-0.2, 0) is 0 Å². The lowest BCUT2D eigenvalue weighted by atomic mass is 10.0. The van der Waals surface area contributed by atoms with E-state index in [2.05, 4.69) is 40.8 Å². The molecular formula is C15H14ClIO. The average Bonchev–Trinajstić information content (AvgIpc) is 2.39. The summed E-state index contributed by atoms with van der Waals surface area (Å²) in [6.45, 7) is 2.66. The molecule has 0 saturated carbocycles. The Morgan fingerprint density at radius 2 is 1.83 bits per heavy atom. The Morgan fingerprint density at radius 1 is 1.11 bits per heavy atom. The second-order valence-electron chi connectivity index (χ2n) is 3.92. The largest absolute Gasteiger partial charge is 0.494 e. The minimum Gasteiger partial charge on any atom is -0.494 e. The molecule has 0 N–H and O–H groups in total. The van der Waals surface area contributed by atoms with Gasteiger partial charge >= 0.3 is 0 Å². The number of alkyl halides is 1. The van der Waals surface area contributed by atoms with Crippen molar-refractivity contribution in [2.24, 2.45) is 0 Å². The van der Waals surface area contributed by atoms with Gasteiger partial charge in [-0.3, -0.25) is 0 Å². The molecule has 2 aromatic carbocycles. The molecule has 18 heavy (non-hydrogen) atoms. The van der Waals surface area contributed by atoms with Gasteiger partial charge in [0.15, 0.2) is 0 Å². The Bertz CT molecular complexity index is 510. The maximum Gasteiger partial charge on any atom is 0.119 e. The molecule has 2 aromatic rings. The highest BCUT2D eigenvalue weighted by molar-refractivity contribution is 14.1. The molecule has 0 aliphatic carbocycles. The first-order chi connectivity index (χ1) is 8.70. The van der Waals surface area contributed by atoms with Gasteiger partial charge in [0.1, 0.15) is 5.75 Å². The summed E-state index contributed by atoms with van der Waals surface area (Å²) < 4.78 is 6.62. The summed E-state index contributed by atoms with van der Waals surface area (Å²) in [5.74, 6) is 0.882. The van der Waals surface area contributed by atoms with Crippen molar-refractivity contribution in [2.75, 3.05) is 6.61 Å². The van der Waals surface area contributed by atoms with Crippen LogP contribution in [0.4, 0.5) is 0 Å². The fourth-order valence-corrected chi connectivity index (χ4v) is 2.60. The van der Waals surface area contributed by atoms with Gasteiger partial charge in [0, 0.05) is 3.57 Å². The van der Waals surface area contributed by atoms with Crippen LogP contribution in [0.3, 0.4) is 0 Å². The zero-order valence-electron chi connectivity index (χ0n) is 10.1. The highest BCUT2D eigenvalue weighted by Crippen LogP contribution is 2.30. The summed E-state index contributed by atoms with van der Waals surface area (Å²) in [5, 5.41) is -0.115. The maximum atomic E-state index is 6.49. The topological polar surface area (TPSA) is 9.23 Å². The van der Waals surface area contributed by atoms with Crippen LogP contribution < -0.4 is 4.74 Å². The first-order valence-corrected chi connectivity index (χ1v) is 7.34. The van der Waals surface area contributed by atoms with Gasteiger partial charge in [-0.15, -0.1) is 11.6 Å². The predicted molar refractivity (Wildman–Crippen MR) is 84.5 cm³/mol. The standard InChI is InChI=1S/C15H14ClIO/c1-2-18-14-8-6-11(7-9-14)15(16)12-4-3-5-13(17)10-12/h3-10,15H,2H2,1H3. The highest BCUT2D eigenvalue weighted by atomic mass is 127. The monoisotopic (exact) mass is 372 g/mol. The molecule has 0 amide bonds. The third-order valence-corrected chi connectivity index (χ3v) is 3.80. The van der Waals surface area contributed by atoms with E-state index < -0.39 is 0 Å². The summed E-state index contributed by atoms with van der Waals surface area (Å²) in [6.07, 6.45) is 0. The number of hydrogen-bond donors (Lipinski definition) is 0. The number of hydrogen-bond acceptors (Lipinski definition) is 1. The van der Waals surface area contributed by atoms with Gasteiger partial charge in [0.2, 0.25) is 0 Å². The van der Waals surface area contributed by atoms with E-state index in [4.69, 9.17) is 16.3 Å². The van der Waals surface area contributed by atoms with Crippen LogP contribution in [0.25, 0.3) is 0 Å². The molecule has 0 radical (unpaired) electrons. The lowest BCUT2D eigenvalue weighted by Crippen LogP contribution is -1.95. The maximum absolute atomic E-state index is 6.49. The average molecular weight is 373 g/mol. The molecule has 1 atom stereocenters. The van der Waals surface area contributed by atoms with Crippen LogP contribution in [0.15, 0.2) is 48.5 Å². The van der Waals surface area contributed by atoms with Crippen LogP contribution >= 0.6 is 34.2 Å². The van der Waals surface area contributed by atoms with Gasteiger partial charge in [-0.05, 0) is 64.9 Å². The minimum atomic E-state index is -0.115. The molecule has 0 aromatic heterocycles. The summed E-state index contributed by atoms with van der Waals surface area (Å²) in [4.78, 5) is 0. The second kappa shape index (κ2) is 6.43. The van der Waals surface area contributed by atoms with Crippen LogP contribution in [-0.4, -0.2) is 6.61 Å². The molecule has 0 fully saturated rings. The zero-order valence-corrected chi connectivity index (χ0v) is 13.0. The SMILES string of the molecule is CCOc1ccc(C(Cl)c2cccc(I)c2)cc1. The van der Waals surface area contributed by atoms with E-state index in [-0.39, 0.29) is 5.38 Å². The Hall–Kier alpha value is -0.740. The zero-order chi connectivity index (χ0) is 13.0. The second-order valence-corrected chi connectivity index (χ2v) is 5.60. The Balaban J connectivity index is 2.20. The molecule has 0 spiro atoms. The lowest BCUT2D eigenvalue weighted by Gasteiger charge is -2.11. The fourth-order valence-electron chi connectivity index (χ4n) is 1.76. The number of benzene rings is 2. The molecule has 0 aliphatic rings. The van der Waals surface area contributed by atoms with E-state index in [9.17, 15) is 0 Å². The molecule has 0 aliphatic heterocycles. The van der Waals surface area contributed by atoms with E-state index in [1.165, 1.54) is 3.57 Å². The van der Waals surface area contributed by atoms with Crippen molar-refractivity contribution < 1.29 is 4.74 Å². The normalized spacial score (nSPS) is 12.2. The van der Waals surface area contributed by atoms with E-state index in [0.29, 0.717) is 6.61 Å². The quantitative estimate of drug-likeness (QED) is 0.541. The fraction of sp³-hybridized carbons (Fsp3) is 0.200. The van der Waals surface area contributed by atoms with E-state index in [1.807, 2.05) is 37.3 Å². The first kappa shape index (κ1) is 13.7. The molecule has 1 nitrogen and oxygen atoms in total. The van der Waals surface area contributed by atoms with Crippen molar-refractivity contribution in [3.63, 3.8) is 0 Å². The summed E-state index contributed by atoms with van der Waals surface area (Å²) in [6, 6.07) is 16.2. The van der Waals surface area contributed by atoms with Gasteiger partial charge < -0.3 is 4.74 Å². The number of ether oxygens (including phenoxy) is 1. The highest BCUT2D eigenvalue weighted by Gasteiger charge is 2.10. The Morgan fingerprint density at radius 3 is 2.44 bits per heavy atom. The van der Waals surface area contributed by atoms with E-state index in [1.54, 1.807) is 0 Å². The number of rotatable bonds is 4. The van der Waals surface area contributed by atoms with Gasteiger partial charge in [0.05, 0.1) is 12.0 Å². The molecule has 0 saturated heterocycles. The van der Waals surface area contributed by atoms with E-state index >= 15 is 0 Å². The van der Waals surface area contributed by atoms with E-state index in [0.717, 1.165) is 16.9 Å². The Labute approximate surface area is 126 Å². The molecule has 2 rings (SSSR count). The summed E-state index contributed by atoms with van der Waals surface area (Å²) in [5.41, 5.74) is 2.20. The van der Waals surface area contributed by atoms with Gasteiger partial charge in [0.25, 0.3) is 0 Å². The van der Waals surface area contributed by atoms with Crippen molar-refractivity contribution in [3.05, 3.63) is 63.2 Å². The van der Waals surface area contributed by atoms with Crippen molar-refractivity contribution in [3.8, 4) is 5.75 Å². The number of halogens is 2. The molecule has 3 heteroatoms. The van der Waals surface area contributed by atoms with Crippen molar-refractivity contribution in [1.29, 1.82) is 0 Å². The molecular weight excluding hydrogens is 359 g/mol. The molecule has 0 heterocycles. The smallest absolute Gasteiger partial charge is 0.119 e. The summed E-state index contributed by atoms with van der Waals surface area (Å²) in [7, 11) is 0. The van der Waals surface area contributed by atoms with Crippen LogP contribution in [0.1, 0.15) is 23.4 Å². The third-order valence-electron chi connectivity index (χ3n) is 2.63. The lowest BCUT2D eigenvalue weighted by molar-refractivity contribution is 0.340. The van der Waals surface area contributed by atoms with Gasteiger partial charge in [-0.1, -0.05) is 24.3 Å². The first-order valence-electron chi connectivity index (χ1n) is 5.83. The Kier molecular flexibility index (Phi) is 4.89. The van der Waals surface area contributed by atoms with Gasteiger partial charge in [-0.25, -0.2) is 0 Å². The molecule has 1 unspecified atom stereocenters. The molecule has 94 valence electrons. The van der Waals surface area contributed by atoms with Crippen molar-refractivity contribution >= 4 is 34.2 Å². The predicted octanol–water partition coefficient (Wildman–Crippen LogP) is 5.02. The summed E-state index contributed by atoms with van der Waals surface area (Å²) >= 11 is 8.78. The third kappa shape index (κ3) is 3.39. The van der Waals surface area contributed by atoms with Crippen LogP contribution in [0.2, 0.25) is 0 Å². The van der Waals surface area contributed by atoms with Crippen molar-refractivity contribution in [2.45, 2.75) is 12.3 Å². The minimum absolute atomic E-state index is 0.115.